The van der Waals surface area contributed by atoms with Gasteiger partial charge in [-0.1, -0.05) is 22.9 Å². The lowest BCUT2D eigenvalue weighted by atomic mass is 10.2. The molecule has 7 heteroatoms. The molecule has 1 atom stereocenters. The van der Waals surface area contributed by atoms with Gasteiger partial charge in [0.05, 0.1) is 0 Å². The monoisotopic (exact) mass is 409 g/mol. The highest BCUT2D eigenvalue weighted by molar-refractivity contribution is 9.10. The van der Waals surface area contributed by atoms with E-state index in [2.05, 4.69) is 48.7 Å². The number of likely N-dealkylation sites (tertiary alicyclic amines) is 1. The standard InChI is InChI=1S/C18H28BrN5O/c1-3-24-12-4-5-16(24)13-23-18(20-2)22-11-10-21-17(25)14-6-8-15(19)9-7-14/h6-9,16H,3-5,10-13H2,1-2H3,(H,21,25)(H2,20,22,23). The molecule has 2 rings (SSSR count). The quantitative estimate of drug-likeness (QED) is 0.365. The summed E-state index contributed by atoms with van der Waals surface area (Å²) < 4.78 is 0.962. The number of hydrogen-bond acceptors (Lipinski definition) is 3. The number of amides is 1. The third kappa shape index (κ3) is 6.32. The summed E-state index contributed by atoms with van der Waals surface area (Å²) in [5.74, 6) is 0.711. The Morgan fingerprint density at radius 3 is 2.64 bits per heavy atom. The number of rotatable bonds is 7. The molecular weight excluding hydrogens is 382 g/mol. The summed E-state index contributed by atoms with van der Waals surface area (Å²) in [4.78, 5) is 18.8. The van der Waals surface area contributed by atoms with Crippen molar-refractivity contribution in [3.8, 4) is 0 Å². The number of likely N-dealkylation sites (N-methyl/N-ethyl adjacent to an activating group) is 1. The molecule has 0 saturated carbocycles. The molecule has 1 aliphatic heterocycles. The molecule has 1 heterocycles. The Bertz CT molecular complexity index is 575. The Kier molecular flexibility index (Phi) is 8.21. The Balaban J connectivity index is 1.65. The predicted octanol–water partition coefficient (Wildman–Crippen LogP) is 1.83. The van der Waals surface area contributed by atoms with Gasteiger partial charge in [-0.05, 0) is 50.2 Å². The van der Waals surface area contributed by atoms with Crippen LogP contribution in [0.5, 0.6) is 0 Å². The summed E-state index contributed by atoms with van der Waals surface area (Å²) in [6.07, 6.45) is 2.51. The van der Waals surface area contributed by atoms with Gasteiger partial charge in [0.2, 0.25) is 0 Å². The zero-order valence-electron chi connectivity index (χ0n) is 15.0. The van der Waals surface area contributed by atoms with Gasteiger partial charge >= 0.3 is 0 Å². The van der Waals surface area contributed by atoms with Crippen molar-refractivity contribution in [1.29, 1.82) is 0 Å². The normalized spacial score (nSPS) is 18.2. The molecule has 1 aromatic rings. The molecule has 1 aromatic carbocycles. The first-order chi connectivity index (χ1) is 12.1. The van der Waals surface area contributed by atoms with Crippen LogP contribution in [0.3, 0.4) is 0 Å². The molecule has 0 bridgehead atoms. The highest BCUT2D eigenvalue weighted by atomic mass is 79.9. The average Bonchev–Trinajstić information content (AvgIpc) is 3.09. The molecule has 0 aromatic heterocycles. The summed E-state index contributed by atoms with van der Waals surface area (Å²) in [5.41, 5.74) is 0.659. The first-order valence-electron chi connectivity index (χ1n) is 8.86. The minimum atomic E-state index is -0.0678. The second-order valence-corrected chi connectivity index (χ2v) is 6.98. The van der Waals surface area contributed by atoms with Crippen molar-refractivity contribution in [2.24, 2.45) is 4.99 Å². The van der Waals surface area contributed by atoms with E-state index < -0.39 is 0 Å². The van der Waals surface area contributed by atoms with Crippen molar-refractivity contribution in [3.05, 3.63) is 34.3 Å². The van der Waals surface area contributed by atoms with E-state index in [1.807, 2.05) is 12.1 Å². The van der Waals surface area contributed by atoms with E-state index in [0.717, 1.165) is 23.5 Å². The molecule has 1 fully saturated rings. The average molecular weight is 410 g/mol. The number of carbonyl (C=O) groups is 1. The molecular formula is C18H28BrN5O. The van der Waals surface area contributed by atoms with Crippen molar-refractivity contribution in [2.45, 2.75) is 25.8 Å². The first-order valence-corrected chi connectivity index (χ1v) is 9.65. The number of benzene rings is 1. The third-order valence-corrected chi connectivity index (χ3v) is 4.97. The van der Waals surface area contributed by atoms with Crippen molar-refractivity contribution < 1.29 is 4.79 Å². The van der Waals surface area contributed by atoms with Crippen molar-refractivity contribution in [2.75, 3.05) is 39.8 Å². The number of aliphatic imine (C=N–C) groups is 1. The van der Waals surface area contributed by atoms with Crippen molar-refractivity contribution in [3.63, 3.8) is 0 Å². The number of halogens is 1. The van der Waals surface area contributed by atoms with Crippen LogP contribution < -0.4 is 16.0 Å². The number of hydrogen-bond donors (Lipinski definition) is 3. The van der Waals surface area contributed by atoms with Gasteiger partial charge in [0, 0.05) is 42.8 Å². The Hall–Kier alpha value is -1.60. The smallest absolute Gasteiger partial charge is 0.251 e. The zero-order chi connectivity index (χ0) is 18.1. The molecule has 0 radical (unpaired) electrons. The summed E-state index contributed by atoms with van der Waals surface area (Å²) in [6, 6.07) is 7.91. The fourth-order valence-electron chi connectivity index (χ4n) is 3.04. The van der Waals surface area contributed by atoms with Gasteiger partial charge in [0.25, 0.3) is 5.91 Å². The van der Waals surface area contributed by atoms with Crippen LogP contribution in [0, 0.1) is 0 Å². The van der Waals surface area contributed by atoms with Crippen molar-refractivity contribution >= 4 is 27.8 Å². The van der Waals surface area contributed by atoms with Gasteiger partial charge in [-0.15, -0.1) is 0 Å². The van der Waals surface area contributed by atoms with Gasteiger partial charge in [0.1, 0.15) is 0 Å². The molecule has 1 aliphatic rings. The molecule has 1 amide bonds. The van der Waals surface area contributed by atoms with Crippen molar-refractivity contribution in [1.82, 2.24) is 20.9 Å². The summed E-state index contributed by atoms with van der Waals surface area (Å²) in [5, 5.41) is 9.52. The lowest BCUT2D eigenvalue weighted by molar-refractivity contribution is 0.0954. The fraction of sp³-hybridized carbons (Fsp3) is 0.556. The summed E-state index contributed by atoms with van der Waals surface area (Å²) in [7, 11) is 1.77. The third-order valence-electron chi connectivity index (χ3n) is 4.44. The van der Waals surface area contributed by atoms with Gasteiger partial charge < -0.3 is 16.0 Å². The number of nitrogens with zero attached hydrogens (tertiary/aromatic N) is 2. The maximum absolute atomic E-state index is 12.0. The van der Waals surface area contributed by atoms with E-state index in [4.69, 9.17) is 0 Å². The Morgan fingerprint density at radius 1 is 1.24 bits per heavy atom. The molecule has 3 N–H and O–H groups in total. The first kappa shape index (κ1) is 19.7. The van der Waals surface area contributed by atoms with E-state index >= 15 is 0 Å². The van der Waals surface area contributed by atoms with E-state index in [1.54, 1.807) is 19.2 Å². The van der Waals surface area contributed by atoms with Crippen LogP contribution >= 0.6 is 15.9 Å². The minimum Gasteiger partial charge on any atom is -0.355 e. The van der Waals surface area contributed by atoms with Crippen LogP contribution in [0.25, 0.3) is 0 Å². The number of nitrogens with one attached hydrogen (secondary N) is 3. The second kappa shape index (κ2) is 10.4. The molecule has 1 saturated heterocycles. The van der Waals surface area contributed by atoms with Crippen LogP contribution in [-0.2, 0) is 0 Å². The molecule has 6 nitrogen and oxygen atoms in total. The van der Waals surface area contributed by atoms with Crippen LogP contribution in [0.15, 0.2) is 33.7 Å². The van der Waals surface area contributed by atoms with E-state index in [1.165, 1.54) is 19.4 Å². The highest BCUT2D eigenvalue weighted by Crippen LogP contribution is 2.15. The second-order valence-electron chi connectivity index (χ2n) is 6.07. The molecule has 1 unspecified atom stereocenters. The predicted molar refractivity (Wildman–Crippen MR) is 106 cm³/mol. The largest absolute Gasteiger partial charge is 0.355 e. The summed E-state index contributed by atoms with van der Waals surface area (Å²) >= 11 is 3.36. The molecule has 138 valence electrons. The van der Waals surface area contributed by atoms with E-state index in [0.29, 0.717) is 24.7 Å². The fourth-order valence-corrected chi connectivity index (χ4v) is 3.30. The SMILES string of the molecule is CCN1CCCC1CNC(=NC)NCCNC(=O)c1ccc(Br)cc1. The lowest BCUT2D eigenvalue weighted by Gasteiger charge is -2.24. The highest BCUT2D eigenvalue weighted by Gasteiger charge is 2.22. The minimum absolute atomic E-state index is 0.0678. The number of guanidine groups is 1. The molecule has 25 heavy (non-hydrogen) atoms. The Labute approximate surface area is 158 Å². The Morgan fingerprint density at radius 2 is 1.96 bits per heavy atom. The zero-order valence-corrected chi connectivity index (χ0v) is 16.6. The van der Waals surface area contributed by atoms with Gasteiger partial charge in [-0.25, -0.2) is 0 Å². The maximum Gasteiger partial charge on any atom is 0.251 e. The van der Waals surface area contributed by atoms with Crippen LogP contribution in [0.4, 0.5) is 0 Å². The van der Waals surface area contributed by atoms with Gasteiger partial charge in [0.15, 0.2) is 5.96 Å². The van der Waals surface area contributed by atoms with Crippen LogP contribution in [0.2, 0.25) is 0 Å². The summed E-state index contributed by atoms with van der Waals surface area (Å²) in [6.45, 7) is 6.57. The van der Waals surface area contributed by atoms with Crippen LogP contribution in [-0.4, -0.2) is 62.6 Å². The molecule has 0 aliphatic carbocycles. The van der Waals surface area contributed by atoms with E-state index in [9.17, 15) is 4.79 Å². The topological polar surface area (TPSA) is 68.8 Å². The number of carbonyl (C=O) groups excluding carboxylic acids is 1. The maximum atomic E-state index is 12.0. The molecule has 0 spiro atoms. The van der Waals surface area contributed by atoms with Gasteiger partial charge in [-0.2, -0.15) is 0 Å². The van der Waals surface area contributed by atoms with Crippen LogP contribution in [0.1, 0.15) is 30.1 Å². The van der Waals surface area contributed by atoms with E-state index in [-0.39, 0.29) is 5.91 Å². The lowest BCUT2D eigenvalue weighted by Crippen LogP contribution is -2.46. The van der Waals surface area contributed by atoms with Gasteiger partial charge in [-0.3, -0.25) is 14.7 Å².